The summed E-state index contributed by atoms with van der Waals surface area (Å²) < 4.78 is 11.7. The molecule has 0 saturated carbocycles. The van der Waals surface area contributed by atoms with Crippen LogP contribution in [0.5, 0.6) is 11.5 Å². The van der Waals surface area contributed by atoms with Gasteiger partial charge in [0, 0.05) is 6.07 Å². The molecule has 0 amide bonds. The third-order valence-electron chi connectivity index (χ3n) is 4.87. The van der Waals surface area contributed by atoms with Gasteiger partial charge in [-0.1, -0.05) is 6.07 Å². The van der Waals surface area contributed by atoms with Gasteiger partial charge in [0.25, 0.3) is 11.5 Å². The van der Waals surface area contributed by atoms with Crippen molar-refractivity contribution in [2.75, 3.05) is 31.7 Å². The average molecular weight is 373 g/mol. The van der Waals surface area contributed by atoms with Crippen molar-refractivity contribution in [1.29, 1.82) is 0 Å². The molecule has 1 aromatic heterocycles. The Kier molecular flexibility index (Phi) is 5.95. The molecule has 0 atom stereocenters. The number of hydrogen-bond acceptors (Lipinski definition) is 6. The molecule has 1 aliphatic rings. The molecule has 144 valence electrons. The summed E-state index contributed by atoms with van der Waals surface area (Å²) in [5.41, 5.74) is -0.0640. The van der Waals surface area contributed by atoms with E-state index in [0.29, 0.717) is 36.2 Å². The lowest BCUT2D eigenvalue weighted by atomic mass is 9.94. The third-order valence-corrected chi connectivity index (χ3v) is 4.87. The summed E-state index contributed by atoms with van der Waals surface area (Å²) >= 11 is 0. The van der Waals surface area contributed by atoms with Crippen LogP contribution < -0.4 is 19.1 Å². The Morgan fingerprint density at radius 1 is 1.22 bits per heavy atom. The lowest BCUT2D eigenvalue weighted by molar-refractivity contribution is -0.593. The number of pyridine rings is 1. The number of aromatic nitrogens is 1. The maximum atomic E-state index is 12.0. The minimum absolute atomic E-state index is 0.0640. The third kappa shape index (κ3) is 4.78. The second kappa shape index (κ2) is 8.57. The van der Waals surface area contributed by atoms with Gasteiger partial charge < -0.3 is 14.7 Å². The Bertz CT molecular complexity index is 791. The van der Waals surface area contributed by atoms with E-state index in [9.17, 15) is 15.3 Å². The summed E-state index contributed by atoms with van der Waals surface area (Å²) in [6.07, 6.45) is 3.97. The summed E-state index contributed by atoms with van der Waals surface area (Å²) in [4.78, 5) is 12.4. The Morgan fingerprint density at radius 3 is 2.67 bits per heavy atom. The SMILES string of the molecule is COc1cccc(OCCC2CCN(c3cc([N+](=O)[O-])cc[n+]3[O-])CC2)c1. The summed E-state index contributed by atoms with van der Waals surface area (Å²) in [5, 5.41) is 22.9. The molecule has 0 radical (unpaired) electrons. The number of methoxy groups -OCH3 is 1. The summed E-state index contributed by atoms with van der Waals surface area (Å²) in [6.45, 7) is 2.02. The van der Waals surface area contributed by atoms with E-state index in [4.69, 9.17) is 9.47 Å². The molecule has 0 N–H and O–H groups in total. The molecule has 1 aliphatic heterocycles. The van der Waals surface area contributed by atoms with Crippen LogP contribution in [0.15, 0.2) is 42.6 Å². The van der Waals surface area contributed by atoms with Gasteiger partial charge in [-0.2, -0.15) is 0 Å². The first-order valence-corrected chi connectivity index (χ1v) is 8.96. The molecule has 8 nitrogen and oxygen atoms in total. The number of nitrogens with zero attached hydrogens (tertiary/aromatic N) is 3. The van der Waals surface area contributed by atoms with Crippen molar-refractivity contribution in [3.8, 4) is 11.5 Å². The predicted molar refractivity (Wildman–Crippen MR) is 100 cm³/mol. The molecule has 0 unspecified atom stereocenters. The van der Waals surface area contributed by atoms with Crippen molar-refractivity contribution in [3.63, 3.8) is 0 Å². The molecule has 2 heterocycles. The van der Waals surface area contributed by atoms with Crippen molar-refractivity contribution < 1.29 is 19.1 Å². The van der Waals surface area contributed by atoms with Crippen molar-refractivity contribution in [3.05, 3.63) is 57.9 Å². The Balaban J connectivity index is 1.49. The van der Waals surface area contributed by atoms with Crippen LogP contribution in [0.25, 0.3) is 0 Å². The molecule has 1 aromatic carbocycles. The van der Waals surface area contributed by atoms with Crippen molar-refractivity contribution >= 4 is 11.5 Å². The summed E-state index contributed by atoms with van der Waals surface area (Å²) in [5.74, 6) is 2.40. The van der Waals surface area contributed by atoms with Gasteiger partial charge in [-0.25, -0.2) is 4.73 Å². The topological polar surface area (TPSA) is 91.8 Å². The molecule has 0 aliphatic carbocycles. The van der Waals surface area contributed by atoms with Crippen LogP contribution in [-0.4, -0.2) is 31.7 Å². The van der Waals surface area contributed by atoms with Crippen molar-refractivity contribution in [2.24, 2.45) is 5.92 Å². The van der Waals surface area contributed by atoms with Gasteiger partial charge in [-0.15, -0.1) is 0 Å². The Hall–Kier alpha value is -3.03. The van der Waals surface area contributed by atoms with E-state index in [-0.39, 0.29) is 5.69 Å². The standard InChI is InChI=1S/C19H23N3O5/c1-26-17-3-2-4-18(14-17)27-12-8-15-5-9-20(10-6-15)19-13-16(22(24)25)7-11-21(19)23/h2-4,7,11,13-15H,5-6,8-10,12H2,1H3. The van der Waals surface area contributed by atoms with E-state index in [1.165, 1.54) is 18.3 Å². The molecule has 1 fully saturated rings. The first-order valence-electron chi connectivity index (χ1n) is 8.96. The number of ether oxygens (including phenoxy) is 2. The molecular formula is C19H23N3O5. The summed E-state index contributed by atoms with van der Waals surface area (Å²) in [6, 6.07) is 10.1. The quantitative estimate of drug-likeness (QED) is 0.321. The largest absolute Gasteiger partial charge is 0.711 e. The second-order valence-electron chi connectivity index (χ2n) is 6.57. The zero-order valence-corrected chi connectivity index (χ0v) is 15.2. The maximum absolute atomic E-state index is 12.0. The predicted octanol–water partition coefficient (Wildman–Crippen LogP) is 2.92. The number of benzene rings is 1. The maximum Gasteiger partial charge on any atom is 0.286 e. The van der Waals surface area contributed by atoms with Gasteiger partial charge in [0.2, 0.25) is 0 Å². The Labute approximate surface area is 157 Å². The van der Waals surface area contributed by atoms with Gasteiger partial charge in [0.05, 0.1) is 37.8 Å². The van der Waals surface area contributed by atoms with E-state index >= 15 is 0 Å². The number of nitro groups is 1. The highest BCUT2D eigenvalue weighted by Gasteiger charge is 2.27. The molecule has 0 bridgehead atoms. The Morgan fingerprint density at radius 2 is 1.96 bits per heavy atom. The summed E-state index contributed by atoms with van der Waals surface area (Å²) in [7, 11) is 1.62. The molecule has 27 heavy (non-hydrogen) atoms. The van der Waals surface area contributed by atoms with Crippen LogP contribution >= 0.6 is 0 Å². The fraction of sp³-hybridized carbons (Fsp3) is 0.421. The minimum Gasteiger partial charge on any atom is -0.711 e. The van der Waals surface area contributed by atoms with Crippen LogP contribution in [-0.2, 0) is 0 Å². The zero-order chi connectivity index (χ0) is 19.2. The molecule has 3 rings (SSSR count). The van der Waals surface area contributed by atoms with Crippen molar-refractivity contribution in [1.82, 2.24) is 0 Å². The fourth-order valence-corrected chi connectivity index (χ4v) is 3.29. The highest BCUT2D eigenvalue weighted by atomic mass is 16.6. The molecule has 2 aromatic rings. The van der Waals surface area contributed by atoms with E-state index < -0.39 is 4.92 Å². The number of anilines is 1. The average Bonchev–Trinajstić information content (AvgIpc) is 2.69. The van der Waals surface area contributed by atoms with E-state index in [2.05, 4.69) is 0 Å². The molecule has 0 spiro atoms. The highest BCUT2D eigenvalue weighted by Crippen LogP contribution is 2.26. The normalized spacial score (nSPS) is 14.8. The molecule has 1 saturated heterocycles. The van der Waals surface area contributed by atoms with E-state index in [0.717, 1.165) is 30.8 Å². The highest BCUT2D eigenvalue weighted by molar-refractivity contribution is 5.43. The molecule has 8 heteroatoms. The van der Waals surface area contributed by atoms with Gasteiger partial charge in [-0.3, -0.25) is 15.0 Å². The number of hydrogen-bond donors (Lipinski definition) is 0. The molecular weight excluding hydrogens is 350 g/mol. The van der Waals surface area contributed by atoms with Gasteiger partial charge >= 0.3 is 0 Å². The van der Waals surface area contributed by atoms with Gasteiger partial charge in [-0.05, 0) is 37.3 Å². The van der Waals surface area contributed by atoms with Crippen molar-refractivity contribution in [2.45, 2.75) is 19.3 Å². The van der Waals surface area contributed by atoms with Crippen LogP contribution in [0.3, 0.4) is 0 Å². The van der Waals surface area contributed by atoms with E-state index in [1.807, 2.05) is 29.2 Å². The lowest BCUT2D eigenvalue weighted by Gasteiger charge is -2.29. The first kappa shape index (κ1) is 18.8. The number of rotatable bonds is 7. The van der Waals surface area contributed by atoms with Crippen LogP contribution in [0.1, 0.15) is 19.3 Å². The fourth-order valence-electron chi connectivity index (χ4n) is 3.29. The van der Waals surface area contributed by atoms with Gasteiger partial charge in [0.15, 0.2) is 0 Å². The van der Waals surface area contributed by atoms with Crippen LogP contribution in [0.4, 0.5) is 11.5 Å². The van der Waals surface area contributed by atoms with Crippen LogP contribution in [0, 0.1) is 21.2 Å². The van der Waals surface area contributed by atoms with Crippen LogP contribution in [0.2, 0.25) is 0 Å². The van der Waals surface area contributed by atoms with E-state index in [1.54, 1.807) is 7.11 Å². The second-order valence-corrected chi connectivity index (χ2v) is 6.57. The smallest absolute Gasteiger partial charge is 0.286 e. The zero-order valence-electron chi connectivity index (χ0n) is 15.2. The lowest BCUT2D eigenvalue weighted by Crippen LogP contribution is -2.42. The number of piperidine rings is 1. The first-order chi connectivity index (χ1) is 13.1. The minimum atomic E-state index is -0.480. The van der Waals surface area contributed by atoms with Gasteiger partial charge in [0.1, 0.15) is 23.8 Å². The monoisotopic (exact) mass is 373 g/mol.